The van der Waals surface area contributed by atoms with Gasteiger partial charge in [0.2, 0.25) is 5.95 Å². The van der Waals surface area contributed by atoms with E-state index in [2.05, 4.69) is 42.0 Å². The lowest BCUT2D eigenvalue weighted by Gasteiger charge is -2.27. The molecule has 3 heterocycles. The Balaban J connectivity index is 1.56. The topological polar surface area (TPSA) is 50.3 Å². The van der Waals surface area contributed by atoms with Crippen LogP contribution in [0.15, 0.2) is 6.07 Å². The van der Waals surface area contributed by atoms with Crippen molar-refractivity contribution in [2.24, 2.45) is 11.8 Å². The summed E-state index contributed by atoms with van der Waals surface area (Å²) in [6.07, 6.45) is 5.40. The van der Waals surface area contributed by atoms with Crippen LogP contribution in [0.5, 0.6) is 0 Å². The summed E-state index contributed by atoms with van der Waals surface area (Å²) in [5.74, 6) is 2.12. The summed E-state index contributed by atoms with van der Waals surface area (Å²) in [6, 6.07) is 2.10. The van der Waals surface area contributed by atoms with E-state index in [1.807, 2.05) is 0 Å². The van der Waals surface area contributed by atoms with Crippen LogP contribution in [-0.4, -0.2) is 42.3 Å². The molecule has 0 bridgehead atoms. The van der Waals surface area contributed by atoms with Gasteiger partial charge in [-0.25, -0.2) is 9.97 Å². The number of anilines is 1. The Morgan fingerprint density at radius 1 is 1.25 bits per heavy atom. The minimum absolute atomic E-state index is 0.397. The minimum atomic E-state index is 0.397. The zero-order valence-electron chi connectivity index (χ0n) is 15.4. The Bertz CT molecular complexity index is 528. The Kier molecular flexibility index (Phi) is 6.06. The first-order chi connectivity index (χ1) is 11.6. The molecule has 2 aliphatic rings. The predicted molar refractivity (Wildman–Crippen MR) is 97.2 cm³/mol. The summed E-state index contributed by atoms with van der Waals surface area (Å²) in [4.78, 5) is 11.8. The molecule has 2 aliphatic heterocycles. The van der Waals surface area contributed by atoms with Crippen LogP contribution in [0.3, 0.4) is 0 Å². The second kappa shape index (κ2) is 8.26. The predicted octanol–water partition coefficient (Wildman–Crippen LogP) is 2.93. The van der Waals surface area contributed by atoms with Crippen molar-refractivity contribution in [1.29, 1.82) is 0 Å². The molecule has 0 unspecified atom stereocenters. The van der Waals surface area contributed by atoms with Gasteiger partial charge in [0.15, 0.2) is 0 Å². The maximum absolute atomic E-state index is 5.88. The molecule has 134 valence electrons. The molecule has 0 spiro atoms. The van der Waals surface area contributed by atoms with Crippen molar-refractivity contribution in [3.05, 3.63) is 17.5 Å². The van der Waals surface area contributed by atoms with Crippen LogP contribution < -0.4 is 10.2 Å². The van der Waals surface area contributed by atoms with E-state index in [-0.39, 0.29) is 0 Å². The first-order valence-corrected chi connectivity index (χ1v) is 9.55. The normalized spacial score (nSPS) is 24.8. The van der Waals surface area contributed by atoms with Crippen molar-refractivity contribution >= 4 is 5.95 Å². The first kappa shape index (κ1) is 17.6. The fourth-order valence-corrected chi connectivity index (χ4v) is 3.94. The lowest BCUT2D eigenvalue weighted by Crippen LogP contribution is -2.33. The molecule has 0 aliphatic carbocycles. The molecule has 2 fully saturated rings. The maximum atomic E-state index is 5.88. The molecule has 1 N–H and O–H groups in total. The number of nitrogens with zero attached hydrogens (tertiary/aromatic N) is 3. The van der Waals surface area contributed by atoms with Crippen molar-refractivity contribution in [2.45, 2.75) is 59.1 Å². The highest BCUT2D eigenvalue weighted by atomic mass is 16.5. The quantitative estimate of drug-likeness (QED) is 0.868. The van der Waals surface area contributed by atoms with Crippen LogP contribution in [-0.2, 0) is 11.3 Å². The summed E-state index contributed by atoms with van der Waals surface area (Å²) in [7, 11) is 0. The van der Waals surface area contributed by atoms with E-state index in [1.54, 1.807) is 0 Å². The molecule has 3 rings (SSSR count). The third kappa shape index (κ3) is 4.45. The lowest BCUT2D eigenvalue weighted by atomic mass is 9.93. The van der Waals surface area contributed by atoms with Crippen molar-refractivity contribution in [2.75, 3.05) is 31.1 Å². The number of nitrogens with one attached hydrogen (secondary N) is 1. The molecule has 5 nitrogen and oxygen atoms in total. The molecule has 2 atom stereocenters. The third-order valence-corrected chi connectivity index (χ3v) is 5.17. The standard InChI is InChI=1S/C19H32N4O/c1-14(2)18-16(7-10-24-18)12-20-13-17-11-15(3)21-19(22-17)23-8-5-4-6-9-23/h11,14,16,18,20H,4-10,12-13H2,1-3H3/t16-,18-/m1/s1. The van der Waals surface area contributed by atoms with Crippen LogP contribution in [0.25, 0.3) is 0 Å². The Morgan fingerprint density at radius 2 is 2.04 bits per heavy atom. The van der Waals surface area contributed by atoms with Gasteiger partial charge in [0.1, 0.15) is 0 Å². The van der Waals surface area contributed by atoms with Crippen molar-refractivity contribution in [3.63, 3.8) is 0 Å². The molecule has 24 heavy (non-hydrogen) atoms. The molecular weight excluding hydrogens is 300 g/mol. The largest absolute Gasteiger partial charge is 0.378 e. The first-order valence-electron chi connectivity index (χ1n) is 9.55. The Labute approximate surface area is 146 Å². The molecule has 0 aromatic carbocycles. The van der Waals surface area contributed by atoms with Crippen LogP contribution in [0.2, 0.25) is 0 Å². The lowest BCUT2D eigenvalue weighted by molar-refractivity contribution is 0.0539. The van der Waals surface area contributed by atoms with E-state index in [4.69, 9.17) is 9.72 Å². The van der Waals surface area contributed by atoms with E-state index < -0.39 is 0 Å². The van der Waals surface area contributed by atoms with Gasteiger partial charge in [0.25, 0.3) is 0 Å². The van der Waals surface area contributed by atoms with E-state index in [0.717, 1.165) is 56.5 Å². The third-order valence-electron chi connectivity index (χ3n) is 5.17. The molecular formula is C19H32N4O. The van der Waals surface area contributed by atoms with E-state index in [9.17, 15) is 0 Å². The van der Waals surface area contributed by atoms with Crippen LogP contribution in [0, 0.1) is 18.8 Å². The van der Waals surface area contributed by atoms with Gasteiger partial charge in [-0.1, -0.05) is 13.8 Å². The summed E-state index contributed by atoms with van der Waals surface area (Å²) >= 11 is 0. The maximum Gasteiger partial charge on any atom is 0.225 e. The monoisotopic (exact) mass is 332 g/mol. The summed E-state index contributed by atoms with van der Waals surface area (Å²) in [6.45, 7) is 11.5. The van der Waals surface area contributed by atoms with Crippen molar-refractivity contribution in [3.8, 4) is 0 Å². The molecule has 0 amide bonds. The summed E-state index contributed by atoms with van der Waals surface area (Å²) in [5.41, 5.74) is 2.16. The Morgan fingerprint density at radius 3 is 2.79 bits per heavy atom. The number of ether oxygens (including phenoxy) is 1. The fraction of sp³-hybridized carbons (Fsp3) is 0.789. The van der Waals surface area contributed by atoms with Gasteiger partial charge in [-0.05, 0) is 50.5 Å². The highest BCUT2D eigenvalue weighted by Gasteiger charge is 2.30. The van der Waals surface area contributed by atoms with Crippen LogP contribution in [0.4, 0.5) is 5.95 Å². The number of rotatable bonds is 6. The van der Waals surface area contributed by atoms with Gasteiger partial charge < -0.3 is 15.0 Å². The van der Waals surface area contributed by atoms with Crippen molar-refractivity contribution < 1.29 is 4.74 Å². The molecule has 5 heteroatoms. The van der Waals surface area contributed by atoms with Gasteiger partial charge >= 0.3 is 0 Å². The summed E-state index contributed by atoms with van der Waals surface area (Å²) in [5, 5.41) is 3.60. The highest BCUT2D eigenvalue weighted by Crippen LogP contribution is 2.26. The van der Waals surface area contributed by atoms with Gasteiger partial charge in [0.05, 0.1) is 11.8 Å². The second-order valence-corrected chi connectivity index (χ2v) is 7.61. The van der Waals surface area contributed by atoms with Crippen LogP contribution >= 0.6 is 0 Å². The number of piperidine rings is 1. The zero-order valence-corrected chi connectivity index (χ0v) is 15.4. The molecule has 1 aromatic heterocycles. The Hall–Kier alpha value is -1.20. The summed E-state index contributed by atoms with van der Waals surface area (Å²) < 4.78 is 5.88. The SMILES string of the molecule is Cc1cc(CNC[C@H]2CCO[C@@H]2C(C)C)nc(N2CCCCC2)n1. The zero-order chi connectivity index (χ0) is 16.9. The fourth-order valence-electron chi connectivity index (χ4n) is 3.94. The number of aryl methyl sites for hydroxylation is 1. The highest BCUT2D eigenvalue weighted by molar-refractivity contribution is 5.32. The van der Waals surface area contributed by atoms with Gasteiger partial charge in [-0.3, -0.25) is 0 Å². The smallest absolute Gasteiger partial charge is 0.225 e. The molecule has 0 saturated carbocycles. The van der Waals surface area contributed by atoms with Gasteiger partial charge in [-0.15, -0.1) is 0 Å². The van der Waals surface area contributed by atoms with E-state index >= 15 is 0 Å². The van der Waals surface area contributed by atoms with Gasteiger partial charge in [0, 0.05) is 38.5 Å². The number of aromatic nitrogens is 2. The number of hydrogen-bond acceptors (Lipinski definition) is 5. The minimum Gasteiger partial charge on any atom is -0.378 e. The van der Waals surface area contributed by atoms with Crippen molar-refractivity contribution in [1.82, 2.24) is 15.3 Å². The van der Waals surface area contributed by atoms with Crippen LogP contribution in [0.1, 0.15) is 50.9 Å². The molecule has 2 saturated heterocycles. The average Bonchev–Trinajstić information content (AvgIpc) is 3.04. The second-order valence-electron chi connectivity index (χ2n) is 7.61. The van der Waals surface area contributed by atoms with E-state index in [1.165, 1.54) is 19.3 Å². The molecule has 0 radical (unpaired) electrons. The van der Waals surface area contributed by atoms with E-state index in [0.29, 0.717) is 17.9 Å². The average molecular weight is 332 g/mol. The molecule has 1 aromatic rings. The van der Waals surface area contributed by atoms with Gasteiger partial charge in [-0.2, -0.15) is 0 Å². The number of hydrogen-bond donors (Lipinski definition) is 1.